The molecule has 1 amide bonds. The molecule has 1 unspecified atom stereocenters. The van der Waals surface area contributed by atoms with Crippen molar-refractivity contribution in [2.24, 2.45) is 0 Å². The minimum atomic E-state index is -0.897. The Kier molecular flexibility index (Phi) is 4.75. The molecule has 0 aliphatic carbocycles. The fourth-order valence-electron chi connectivity index (χ4n) is 1.60. The summed E-state index contributed by atoms with van der Waals surface area (Å²) in [6, 6.07) is 9.56. The van der Waals surface area contributed by atoms with Crippen molar-refractivity contribution in [3.8, 4) is 5.75 Å². The van der Waals surface area contributed by atoms with Gasteiger partial charge in [0, 0.05) is 6.07 Å². The number of rotatable bonds is 4. The predicted octanol–water partition coefficient (Wildman–Crippen LogP) is 4.02. The molecule has 0 saturated carbocycles. The molecule has 2 aromatic rings. The highest BCUT2D eigenvalue weighted by Crippen LogP contribution is 2.22. The van der Waals surface area contributed by atoms with Crippen molar-refractivity contribution in [3.63, 3.8) is 0 Å². The largest absolute Gasteiger partial charge is 0.481 e. The van der Waals surface area contributed by atoms with Crippen LogP contribution in [0.5, 0.6) is 5.75 Å². The summed E-state index contributed by atoms with van der Waals surface area (Å²) >= 11 is 5.62. The van der Waals surface area contributed by atoms with Crippen LogP contribution in [0.1, 0.15) is 6.92 Å². The van der Waals surface area contributed by atoms with Crippen molar-refractivity contribution in [1.82, 2.24) is 0 Å². The Balaban J connectivity index is 2.02. The highest BCUT2D eigenvalue weighted by atomic mass is 35.5. The lowest BCUT2D eigenvalue weighted by atomic mass is 10.2. The van der Waals surface area contributed by atoms with Gasteiger partial charge in [0.1, 0.15) is 17.4 Å². The summed E-state index contributed by atoms with van der Waals surface area (Å²) in [6.45, 7) is 1.49. The first-order valence-corrected chi connectivity index (χ1v) is 6.52. The van der Waals surface area contributed by atoms with Gasteiger partial charge in [0.15, 0.2) is 6.10 Å². The fraction of sp³-hybridized carbons (Fsp3) is 0.133. The van der Waals surface area contributed by atoms with Gasteiger partial charge >= 0.3 is 0 Å². The average molecular weight is 312 g/mol. The maximum Gasteiger partial charge on any atom is 0.265 e. The third-order valence-corrected chi connectivity index (χ3v) is 2.99. The fourth-order valence-corrected chi connectivity index (χ4v) is 1.78. The van der Waals surface area contributed by atoms with Crippen LogP contribution in [0.3, 0.4) is 0 Å². The van der Waals surface area contributed by atoms with E-state index in [1.54, 1.807) is 6.07 Å². The molecule has 2 rings (SSSR count). The van der Waals surface area contributed by atoms with Crippen molar-refractivity contribution in [2.45, 2.75) is 13.0 Å². The number of carbonyl (C=O) groups is 1. The first-order valence-electron chi connectivity index (χ1n) is 6.14. The average Bonchev–Trinajstić information content (AvgIpc) is 2.45. The summed E-state index contributed by atoms with van der Waals surface area (Å²) in [5.41, 5.74) is 0.0649. The van der Waals surface area contributed by atoms with Crippen molar-refractivity contribution in [2.75, 3.05) is 5.32 Å². The number of hydrogen-bond acceptors (Lipinski definition) is 2. The van der Waals surface area contributed by atoms with Crippen LogP contribution >= 0.6 is 11.6 Å². The van der Waals surface area contributed by atoms with Crippen LogP contribution in [-0.2, 0) is 4.79 Å². The van der Waals surface area contributed by atoms with Gasteiger partial charge in [0.25, 0.3) is 5.91 Å². The zero-order chi connectivity index (χ0) is 15.4. The van der Waals surface area contributed by atoms with Crippen LogP contribution in [0, 0.1) is 11.6 Å². The number of anilines is 1. The smallest absolute Gasteiger partial charge is 0.265 e. The Bertz CT molecular complexity index is 664. The number of para-hydroxylation sites is 1. The Morgan fingerprint density at radius 1 is 1.19 bits per heavy atom. The number of carbonyl (C=O) groups excluding carboxylic acids is 1. The predicted molar refractivity (Wildman–Crippen MR) is 76.5 cm³/mol. The van der Waals surface area contributed by atoms with Crippen LogP contribution in [0.25, 0.3) is 0 Å². The monoisotopic (exact) mass is 311 g/mol. The van der Waals surface area contributed by atoms with E-state index in [1.165, 1.54) is 37.3 Å². The third kappa shape index (κ3) is 3.92. The zero-order valence-corrected chi connectivity index (χ0v) is 11.8. The van der Waals surface area contributed by atoms with Crippen LogP contribution in [0.15, 0.2) is 42.5 Å². The van der Waals surface area contributed by atoms with E-state index in [4.69, 9.17) is 16.3 Å². The molecule has 0 saturated heterocycles. The van der Waals surface area contributed by atoms with Gasteiger partial charge in [-0.15, -0.1) is 0 Å². The topological polar surface area (TPSA) is 38.3 Å². The minimum absolute atomic E-state index is 0.0649. The van der Waals surface area contributed by atoms with Gasteiger partial charge in [-0.2, -0.15) is 0 Å². The number of halogens is 3. The van der Waals surface area contributed by atoms with E-state index in [9.17, 15) is 13.6 Å². The van der Waals surface area contributed by atoms with Gasteiger partial charge in [-0.3, -0.25) is 4.79 Å². The van der Waals surface area contributed by atoms with Crippen LogP contribution < -0.4 is 10.1 Å². The molecule has 1 atom stereocenters. The lowest BCUT2D eigenvalue weighted by molar-refractivity contribution is -0.122. The Morgan fingerprint density at radius 3 is 2.57 bits per heavy atom. The number of hydrogen-bond donors (Lipinski definition) is 1. The summed E-state index contributed by atoms with van der Waals surface area (Å²) in [5, 5.41) is 2.31. The van der Waals surface area contributed by atoms with Gasteiger partial charge in [-0.25, -0.2) is 8.78 Å². The molecule has 0 spiro atoms. The van der Waals surface area contributed by atoms with Crippen molar-refractivity contribution >= 4 is 23.2 Å². The lowest BCUT2D eigenvalue weighted by Gasteiger charge is -2.15. The SMILES string of the molecule is CC(Oc1ccc(F)c(Cl)c1)C(=O)Nc1ccccc1F. The first-order chi connectivity index (χ1) is 9.97. The lowest BCUT2D eigenvalue weighted by Crippen LogP contribution is -2.30. The second-order valence-electron chi connectivity index (χ2n) is 4.31. The summed E-state index contributed by atoms with van der Waals surface area (Å²) in [4.78, 5) is 11.9. The van der Waals surface area contributed by atoms with Gasteiger partial charge in [-0.05, 0) is 31.2 Å². The number of amides is 1. The maximum atomic E-state index is 13.4. The molecule has 6 heteroatoms. The molecule has 0 heterocycles. The van der Waals surface area contributed by atoms with Crippen LogP contribution in [0.4, 0.5) is 14.5 Å². The Labute approximate surface area is 125 Å². The van der Waals surface area contributed by atoms with Gasteiger partial charge in [-0.1, -0.05) is 23.7 Å². The summed E-state index contributed by atoms with van der Waals surface area (Å²) < 4.78 is 31.8. The molecule has 110 valence electrons. The van der Waals surface area contributed by atoms with E-state index >= 15 is 0 Å². The molecule has 0 bridgehead atoms. The van der Waals surface area contributed by atoms with Gasteiger partial charge < -0.3 is 10.1 Å². The van der Waals surface area contributed by atoms with Crippen molar-refractivity contribution in [3.05, 3.63) is 59.1 Å². The summed E-state index contributed by atoms with van der Waals surface area (Å²) in [6.07, 6.45) is -0.897. The van der Waals surface area contributed by atoms with Crippen LogP contribution in [-0.4, -0.2) is 12.0 Å². The van der Waals surface area contributed by atoms with Gasteiger partial charge in [0.2, 0.25) is 0 Å². The standard InChI is InChI=1S/C15H12ClF2NO2/c1-9(21-10-6-7-12(17)11(16)8-10)15(20)19-14-5-3-2-4-13(14)18/h2-9H,1H3,(H,19,20). The second-order valence-corrected chi connectivity index (χ2v) is 4.71. The highest BCUT2D eigenvalue weighted by Gasteiger charge is 2.16. The quantitative estimate of drug-likeness (QED) is 0.926. The minimum Gasteiger partial charge on any atom is -0.481 e. The van der Waals surface area contributed by atoms with E-state index in [0.717, 1.165) is 6.07 Å². The van der Waals surface area contributed by atoms with Gasteiger partial charge in [0.05, 0.1) is 10.7 Å². The molecule has 1 N–H and O–H groups in total. The molecule has 0 aliphatic rings. The zero-order valence-electron chi connectivity index (χ0n) is 11.1. The number of nitrogens with one attached hydrogen (secondary N) is 1. The third-order valence-electron chi connectivity index (χ3n) is 2.70. The van der Waals surface area contributed by atoms with E-state index in [-0.39, 0.29) is 16.5 Å². The first kappa shape index (κ1) is 15.3. The summed E-state index contributed by atoms with van der Waals surface area (Å²) in [7, 11) is 0. The molecule has 0 aliphatic heterocycles. The number of benzene rings is 2. The van der Waals surface area contributed by atoms with Crippen molar-refractivity contribution in [1.29, 1.82) is 0 Å². The molecule has 2 aromatic carbocycles. The molecular formula is C15H12ClF2NO2. The van der Waals surface area contributed by atoms with Crippen molar-refractivity contribution < 1.29 is 18.3 Å². The maximum absolute atomic E-state index is 13.4. The second kappa shape index (κ2) is 6.54. The molecule has 21 heavy (non-hydrogen) atoms. The molecule has 3 nitrogen and oxygen atoms in total. The summed E-state index contributed by atoms with van der Waals surface area (Å²) in [5.74, 6) is -1.39. The molecular weight excluding hydrogens is 300 g/mol. The Hall–Kier alpha value is -2.14. The number of ether oxygens (including phenoxy) is 1. The van der Waals surface area contributed by atoms with E-state index in [0.29, 0.717) is 0 Å². The van der Waals surface area contributed by atoms with E-state index in [1.807, 2.05) is 0 Å². The highest BCUT2D eigenvalue weighted by molar-refractivity contribution is 6.30. The molecule has 0 aromatic heterocycles. The van der Waals surface area contributed by atoms with E-state index in [2.05, 4.69) is 5.32 Å². The Morgan fingerprint density at radius 2 is 1.90 bits per heavy atom. The van der Waals surface area contributed by atoms with Crippen LogP contribution in [0.2, 0.25) is 5.02 Å². The molecule has 0 fully saturated rings. The normalized spacial score (nSPS) is 11.8. The van der Waals surface area contributed by atoms with E-state index < -0.39 is 23.6 Å². The molecule has 0 radical (unpaired) electrons.